The van der Waals surface area contributed by atoms with Crippen molar-refractivity contribution in [3.63, 3.8) is 0 Å². The fourth-order valence-corrected chi connectivity index (χ4v) is 8.70. The van der Waals surface area contributed by atoms with Gasteiger partial charge in [-0.25, -0.2) is 0 Å². The maximum Gasteiger partial charge on any atom is 0.175 e. The number of aliphatic hydroxyl groups excluding tert-OH is 1. The summed E-state index contributed by atoms with van der Waals surface area (Å²) in [6, 6.07) is 0. The quantitative estimate of drug-likeness (QED) is 0.645. The summed E-state index contributed by atoms with van der Waals surface area (Å²) in [6.07, 6.45) is 8.45. The number of hydrogen-bond donors (Lipinski definition) is 2. The lowest BCUT2D eigenvalue weighted by atomic mass is 9.44. The summed E-state index contributed by atoms with van der Waals surface area (Å²) in [7, 11) is 0. The van der Waals surface area contributed by atoms with Gasteiger partial charge in [0.15, 0.2) is 5.78 Å². The Morgan fingerprint density at radius 3 is 2.50 bits per heavy atom. The number of aliphatic hydroxyl groups is 2. The Balaban J connectivity index is 1.67. The number of Topliss-reactive ketones (excluding diaryl/α,β-unsaturated/α-hetero) is 1. The van der Waals surface area contributed by atoms with E-state index in [-0.39, 0.29) is 28.6 Å². The molecule has 0 aromatic carbocycles. The number of hydrogen-bond acceptors (Lipinski definition) is 3. The summed E-state index contributed by atoms with van der Waals surface area (Å²) >= 11 is 3.32. The van der Waals surface area contributed by atoms with Crippen LogP contribution in [-0.2, 0) is 4.79 Å². The van der Waals surface area contributed by atoms with Crippen LogP contribution in [0.2, 0.25) is 0 Å². The molecule has 9 atom stereocenters. The van der Waals surface area contributed by atoms with Crippen LogP contribution in [0.3, 0.4) is 0 Å². The number of fused-ring (bicyclic) bond motifs is 5. The first-order valence-corrected chi connectivity index (χ1v) is 11.8. The Kier molecular flexibility index (Phi) is 4.69. The molecule has 0 aromatic heterocycles. The van der Waals surface area contributed by atoms with Gasteiger partial charge in [0.25, 0.3) is 0 Å². The van der Waals surface area contributed by atoms with Crippen LogP contribution in [0, 0.1) is 40.4 Å². The molecule has 0 unspecified atom stereocenters. The van der Waals surface area contributed by atoms with Crippen LogP contribution in [0.5, 0.6) is 0 Å². The van der Waals surface area contributed by atoms with Crippen LogP contribution in [0.1, 0.15) is 72.1 Å². The van der Waals surface area contributed by atoms with Gasteiger partial charge in [-0.1, -0.05) is 36.7 Å². The molecule has 4 fully saturated rings. The molecule has 26 heavy (non-hydrogen) atoms. The minimum absolute atomic E-state index is 0.0193. The van der Waals surface area contributed by atoms with Crippen molar-refractivity contribution in [3.8, 4) is 0 Å². The molecule has 0 aromatic rings. The minimum atomic E-state index is -1.17. The Hall–Kier alpha value is 0.0700. The zero-order valence-electron chi connectivity index (χ0n) is 16.5. The molecule has 0 heterocycles. The van der Waals surface area contributed by atoms with Crippen LogP contribution in [-0.4, -0.2) is 33.0 Å². The molecule has 3 nitrogen and oxygen atoms in total. The first kappa shape index (κ1) is 19.4. The van der Waals surface area contributed by atoms with Gasteiger partial charge in [-0.3, -0.25) is 4.79 Å². The second-order valence-electron chi connectivity index (χ2n) is 10.5. The van der Waals surface area contributed by atoms with E-state index in [9.17, 15) is 15.0 Å². The molecular weight excluding hydrogens is 392 g/mol. The minimum Gasteiger partial charge on any atom is -0.393 e. The second kappa shape index (κ2) is 6.29. The molecule has 0 aliphatic heterocycles. The Morgan fingerprint density at radius 2 is 1.81 bits per heavy atom. The molecule has 0 bridgehead atoms. The maximum atomic E-state index is 12.8. The zero-order chi connectivity index (χ0) is 18.9. The average Bonchev–Trinajstić information content (AvgIpc) is 2.83. The number of alkyl halides is 1. The van der Waals surface area contributed by atoms with E-state index >= 15 is 0 Å². The van der Waals surface area contributed by atoms with Crippen molar-refractivity contribution in [2.24, 2.45) is 40.4 Å². The van der Waals surface area contributed by atoms with Crippen molar-refractivity contribution in [2.45, 2.75) is 83.8 Å². The fraction of sp³-hybridized carbons (Fsp3) is 0.955. The van der Waals surface area contributed by atoms with Gasteiger partial charge in [0.2, 0.25) is 0 Å². The van der Waals surface area contributed by atoms with Gasteiger partial charge in [0.05, 0.1) is 11.4 Å². The fourth-order valence-electron chi connectivity index (χ4n) is 8.27. The number of ketones is 1. The van der Waals surface area contributed by atoms with Crippen LogP contribution in [0.25, 0.3) is 0 Å². The van der Waals surface area contributed by atoms with E-state index < -0.39 is 5.60 Å². The smallest absolute Gasteiger partial charge is 0.175 e. The highest BCUT2D eigenvalue weighted by molar-refractivity contribution is 9.09. The van der Waals surface area contributed by atoms with Gasteiger partial charge in [-0.15, -0.1) is 0 Å². The van der Waals surface area contributed by atoms with E-state index in [4.69, 9.17) is 0 Å². The highest BCUT2D eigenvalue weighted by Crippen LogP contribution is 2.69. The van der Waals surface area contributed by atoms with Crippen molar-refractivity contribution in [1.82, 2.24) is 0 Å². The third-order valence-corrected chi connectivity index (χ3v) is 10.3. The van der Waals surface area contributed by atoms with Crippen LogP contribution < -0.4 is 0 Å². The van der Waals surface area contributed by atoms with Crippen molar-refractivity contribution < 1.29 is 15.0 Å². The first-order chi connectivity index (χ1) is 12.2. The normalized spacial score (nSPS) is 56.4. The third kappa shape index (κ3) is 2.33. The van der Waals surface area contributed by atoms with E-state index in [2.05, 4.69) is 36.7 Å². The summed E-state index contributed by atoms with van der Waals surface area (Å²) in [5, 5.41) is 22.0. The summed E-state index contributed by atoms with van der Waals surface area (Å²) in [5.74, 6) is 2.45. The summed E-state index contributed by atoms with van der Waals surface area (Å²) in [6.45, 7) is 6.78. The van der Waals surface area contributed by atoms with Crippen molar-refractivity contribution in [2.75, 3.05) is 5.33 Å². The predicted molar refractivity (Wildman–Crippen MR) is 106 cm³/mol. The van der Waals surface area contributed by atoms with Crippen molar-refractivity contribution in [1.29, 1.82) is 0 Å². The van der Waals surface area contributed by atoms with Crippen LogP contribution in [0.15, 0.2) is 0 Å². The molecule has 4 aliphatic carbocycles. The summed E-state index contributed by atoms with van der Waals surface area (Å²) in [4.78, 5) is 12.8. The molecule has 148 valence electrons. The van der Waals surface area contributed by atoms with E-state index in [1.165, 1.54) is 12.8 Å². The molecule has 2 N–H and O–H groups in total. The largest absolute Gasteiger partial charge is 0.393 e. The molecule has 0 saturated heterocycles. The summed E-state index contributed by atoms with van der Waals surface area (Å²) in [5.41, 5.74) is -1.12. The van der Waals surface area contributed by atoms with E-state index in [0.29, 0.717) is 29.1 Å². The van der Waals surface area contributed by atoms with Gasteiger partial charge in [-0.2, -0.15) is 0 Å². The molecule has 4 saturated carbocycles. The SMILES string of the molecule is C[C@H]1C[C@@H]2[C@H]3CC[C@@H]4C[C@@H](O)CC[C@@]4(C)[C@@H]3CC[C@@]2(C)[C@]1(O)C(=O)CBr. The predicted octanol–water partition coefficient (Wildman–Crippen LogP) is 4.33. The van der Waals surface area contributed by atoms with E-state index in [1.807, 2.05) is 0 Å². The lowest BCUT2D eigenvalue weighted by molar-refractivity contribution is -0.174. The number of rotatable bonds is 2. The van der Waals surface area contributed by atoms with Gasteiger partial charge >= 0.3 is 0 Å². The van der Waals surface area contributed by atoms with Gasteiger partial charge < -0.3 is 10.2 Å². The summed E-state index contributed by atoms with van der Waals surface area (Å²) < 4.78 is 0. The number of carbonyl (C=O) groups is 1. The Labute approximate surface area is 166 Å². The van der Waals surface area contributed by atoms with E-state index in [1.54, 1.807) is 0 Å². The standard InChI is InChI=1S/C22H35BrO3/c1-13-10-18-16-5-4-14-11-15(24)6-8-20(14,2)17(16)7-9-21(18,3)22(13,26)19(25)12-23/h13-18,24,26H,4-12H2,1-3H3/t13-,14+,15-,16-,17+,18+,20+,21+,22+/m0/s1. The van der Waals surface area contributed by atoms with Crippen molar-refractivity contribution in [3.05, 3.63) is 0 Å². The lowest BCUT2D eigenvalue weighted by Crippen LogP contribution is -2.60. The molecule has 4 heteroatoms. The van der Waals surface area contributed by atoms with Crippen LogP contribution >= 0.6 is 15.9 Å². The van der Waals surface area contributed by atoms with Crippen molar-refractivity contribution >= 4 is 21.7 Å². The number of carbonyl (C=O) groups excluding carboxylic acids is 1. The van der Waals surface area contributed by atoms with Gasteiger partial charge in [0.1, 0.15) is 5.60 Å². The van der Waals surface area contributed by atoms with E-state index in [0.717, 1.165) is 38.5 Å². The Bertz CT molecular complexity index is 594. The molecular formula is C22H35BrO3. The molecule has 0 amide bonds. The van der Waals surface area contributed by atoms with Gasteiger partial charge in [-0.05, 0) is 86.4 Å². The zero-order valence-corrected chi connectivity index (χ0v) is 18.1. The molecule has 4 rings (SSSR count). The maximum absolute atomic E-state index is 12.8. The lowest BCUT2D eigenvalue weighted by Gasteiger charge is -2.61. The highest BCUT2D eigenvalue weighted by Gasteiger charge is 2.68. The average molecular weight is 427 g/mol. The van der Waals surface area contributed by atoms with Gasteiger partial charge in [0, 0.05) is 5.41 Å². The highest BCUT2D eigenvalue weighted by atomic mass is 79.9. The topological polar surface area (TPSA) is 57.5 Å². The Morgan fingerprint density at radius 1 is 1.08 bits per heavy atom. The molecule has 0 radical (unpaired) electrons. The van der Waals surface area contributed by atoms with Crippen LogP contribution in [0.4, 0.5) is 0 Å². The third-order valence-electron chi connectivity index (χ3n) is 9.77. The number of halogens is 1. The molecule has 0 spiro atoms. The first-order valence-electron chi connectivity index (χ1n) is 10.7. The monoisotopic (exact) mass is 426 g/mol. The molecule has 4 aliphatic rings. The second-order valence-corrected chi connectivity index (χ2v) is 11.1.